The van der Waals surface area contributed by atoms with Crippen molar-refractivity contribution in [3.05, 3.63) is 42.2 Å². The maximum Gasteiger partial charge on any atom is 0.246 e. The minimum Gasteiger partial charge on any atom is -0.497 e. The molecule has 2 aromatic rings. The van der Waals surface area contributed by atoms with E-state index in [1.165, 1.54) is 5.56 Å². The molecule has 2 heterocycles. The Morgan fingerprint density at radius 1 is 1.30 bits per heavy atom. The molecule has 1 aliphatic rings. The van der Waals surface area contributed by atoms with E-state index in [9.17, 15) is 4.79 Å². The number of hydrogen-bond donors (Lipinski definition) is 1. The minimum absolute atomic E-state index is 0.0485. The summed E-state index contributed by atoms with van der Waals surface area (Å²) in [4.78, 5) is 20.6. The van der Waals surface area contributed by atoms with E-state index in [1.807, 2.05) is 30.3 Å². The van der Waals surface area contributed by atoms with E-state index in [2.05, 4.69) is 27.5 Å². The second-order valence-electron chi connectivity index (χ2n) is 6.41. The summed E-state index contributed by atoms with van der Waals surface area (Å²) < 4.78 is 6.88. The Hall–Kier alpha value is -3.03. The number of carbonyl (C=O) groups excluding carboxylic acids is 1. The van der Waals surface area contributed by atoms with E-state index in [4.69, 9.17) is 4.74 Å². The van der Waals surface area contributed by atoms with Crippen LogP contribution in [-0.4, -0.2) is 66.9 Å². The largest absolute Gasteiger partial charge is 0.497 e. The van der Waals surface area contributed by atoms with E-state index in [-0.39, 0.29) is 5.91 Å². The summed E-state index contributed by atoms with van der Waals surface area (Å²) >= 11 is 0. The zero-order valence-electron chi connectivity index (χ0n) is 16.1. The standard InChI is InChI=1S/C19H26N6O2/c1-20-19(21-9-8-15-4-6-17(27-3)7-5-15)24-10-11-25(18(26)14-24)16-12-22-23(2)13-16/h4-7,12-13H,8-11,14H2,1-3H3,(H,20,21). The molecule has 1 aromatic carbocycles. The van der Waals surface area contributed by atoms with Crippen LogP contribution in [0.5, 0.6) is 5.75 Å². The third-order valence-corrected chi connectivity index (χ3v) is 4.59. The normalized spacial score (nSPS) is 15.2. The average molecular weight is 370 g/mol. The molecule has 1 aromatic heterocycles. The number of aryl methyl sites for hydroxylation is 1. The number of rotatable bonds is 5. The van der Waals surface area contributed by atoms with E-state index >= 15 is 0 Å². The number of nitrogens with one attached hydrogen (secondary N) is 1. The fourth-order valence-corrected chi connectivity index (χ4v) is 3.12. The SMILES string of the molecule is CN=C(NCCc1ccc(OC)cc1)N1CCN(c2cnn(C)c2)C(=O)C1. The van der Waals surface area contributed by atoms with E-state index in [0.29, 0.717) is 13.1 Å². The molecule has 0 bridgehead atoms. The zero-order chi connectivity index (χ0) is 19.2. The molecule has 27 heavy (non-hydrogen) atoms. The number of carbonyl (C=O) groups is 1. The first-order valence-corrected chi connectivity index (χ1v) is 8.98. The Bertz CT molecular complexity index is 799. The van der Waals surface area contributed by atoms with Crippen molar-refractivity contribution in [2.24, 2.45) is 12.0 Å². The maximum atomic E-state index is 12.5. The van der Waals surface area contributed by atoms with Gasteiger partial charge in [0.2, 0.25) is 5.91 Å². The van der Waals surface area contributed by atoms with Crippen LogP contribution in [0.15, 0.2) is 41.7 Å². The molecule has 8 heteroatoms. The van der Waals surface area contributed by atoms with Gasteiger partial charge < -0.3 is 19.9 Å². The van der Waals surface area contributed by atoms with Crippen molar-refractivity contribution in [3.63, 3.8) is 0 Å². The van der Waals surface area contributed by atoms with E-state index < -0.39 is 0 Å². The molecule has 0 saturated carbocycles. The fraction of sp³-hybridized carbons (Fsp3) is 0.421. The first-order valence-electron chi connectivity index (χ1n) is 8.98. The van der Waals surface area contributed by atoms with Gasteiger partial charge in [-0.05, 0) is 24.1 Å². The van der Waals surface area contributed by atoms with Crippen molar-refractivity contribution in [3.8, 4) is 5.75 Å². The highest BCUT2D eigenvalue weighted by Gasteiger charge is 2.27. The highest BCUT2D eigenvalue weighted by molar-refractivity contribution is 5.98. The molecule has 1 N–H and O–H groups in total. The summed E-state index contributed by atoms with van der Waals surface area (Å²) in [6.45, 7) is 2.39. The van der Waals surface area contributed by atoms with E-state index in [0.717, 1.165) is 36.9 Å². The fourth-order valence-electron chi connectivity index (χ4n) is 3.12. The quantitative estimate of drug-likeness (QED) is 0.625. The van der Waals surface area contributed by atoms with Gasteiger partial charge in [-0.25, -0.2) is 0 Å². The predicted molar refractivity (Wildman–Crippen MR) is 105 cm³/mol. The molecule has 0 unspecified atom stereocenters. The van der Waals surface area contributed by atoms with Gasteiger partial charge in [0.05, 0.1) is 19.0 Å². The Labute approximate surface area is 159 Å². The summed E-state index contributed by atoms with van der Waals surface area (Å²) in [5.74, 6) is 1.66. The van der Waals surface area contributed by atoms with Gasteiger partial charge in [0.1, 0.15) is 12.3 Å². The summed E-state index contributed by atoms with van der Waals surface area (Å²) in [5.41, 5.74) is 2.06. The van der Waals surface area contributed by atoms with Crippen LogP contribution >= 0.6 is 0 Å². The van der Waals surface area contributed by atoms with E-state index in [1.54, 1.807) is 29.9 Å². The topological polar surface area (TPSA) is 75.0 Å². The van der Waals surface area contributed by atoms with Crippen molar-refractivity contribution in [2.75, 3.05) is 45.2 Å². The van der Waals surface area contributed by atoms with Gasteiger partial charge in [-0.1, -0.05) is 12.1 Å². The van der Waals surface area contributed by atoms with Crippen molar-refractivity contribution >= 4 is 17.6 Å². The van der Waals surface area contributed by atoms with Gasteiger partial charge in [0, 0.05) is 39.9 Å². The maximum absolute atomic E-state index is 12.5. The van der Waals surface area contributed by atoms with Gasteiger partial charge in [-0.2, -0.15) is 5.10 Å². The summed E-state index contributed by atoms with van der Waals surface area (Å²) in [5, 5.41) is 7.49. The first kappa shape index (κ1) is 18.8. The molecular formula is C19H26N6O2. The minimum atomic E-state index is 0.0485. The smallest absolute Gasteiger partial charge is 0.246 e. The van der Waals surface area contributed by atoms with Crippen LogP contribution in [-0.2, 0) is 18.3 Å². The van der Waals surface area contributed by atoms with Gasteiger partial charge in [-0.3, -0.25) is 14.5 Å². The van der Waals surface area contributed by atoms with Gasteiger partial charge in [0.25, 0.3) is 0 Å². The number of aliphatic imine (C=N–C) groups is 1. The van der Waals surface area contributed by atoms with Gasteiger partial charge >= 0.3 is 0 Å². The van der Waals surface area contributed by atoms with Crippen LogP contribution in [0, 0.1) is 0 Å². The molecule has 1 aliphatic heterocycles. The monoisotopic (exact) mass is 370 g/mol. The number of benzene rings is 1. The van der Waals surface area contributed by atoms with Crippen molar-refractivity contribution in [1.82, 2.24) is 20.0 Å². The lowest BCUT2D eigenvalue weighted by Gasteiger charge is -2.35. The Morgan fingerprint density at radius 2 is 2.07 bits per heavy atom. The molecule has 8 nitrogen and oxygen atoms in total. The van der Waals surface area contributed by atoms with Crippen molar-refractivity contribution in [2.45, 2.75) is 6.42 Å². The first-order chi connectivity index (χ1) is 13.1. The number of guanidine groups is 1. The number of methoxy groups -OCH3 is 1. The van der Waals surface area contributed by atoms with Crippen LogP contribution in [0.2, 0.25) is 0 Å². The highest BCUT2D eigenvalue weighted by Crippen LogP contribution is 2.16. The number of nitrogens with zero attached hydrogens (tertiary/aromatic N) is 5. The Morgan fingerprint density at radius 3 is 2.67 bits per heavy atom. The third-order valence-electron chi connectivity index (χ3n) is 4.59. The molecular weight excluding hydrogens is 344 g/mol. The van der Waals surface area contributed by atoms with Gasteiger partial charge in [-0.15, -0.1) is 0 Å². The van der Waals surface area contributed by atoms with Crippen LogP contribution in [0.4, 0.5) is 5.69 Å². The number of aromatic nitrogens is 2. The third kappa shape index (κ3) is 4.58. The number of piperazine rings is 1. The summed E-state index contributed by atoms with van der Waals surface area (Å²) in [7, 11) is 5.25. The molecule has 3 rings (SSSR count). The van der Waals surface area contributed by atoms with Crippen LogP contribution in [0.3, 0.4) is 0 Å². The second kappa shape index (κ2) is 8.57. The number of ether oxygens (including phenoxy) is 1. The highest BCUT2D eigenvalue weighted by atomic mass is 16.5. The average Bonchev–Trinajstić information content (AvgIpc) is 3.11. The van der Waals surface area contributed by atoms with Crippen LogP contribution in [0.25, 0.3) is 0 Å². The molecule has 0 radical (unpaired) electrons. The summed E-state index contributed by atoms with van der Waals surface area (Å²) in [6, 6.07) is 8.03. The summed E-state index contributed by atoms with van der Waals surface area (Å²) in [6.07, 6.45) is 4.44. The second-order valence-corrected chi connectivity index (χ2v) is 6.41. The predicted octanol–water partition coefficient (Wildman–Crippen LogP) is 0.895. The molecule has 0 atom stereocenters. The number of anilines is 1. The molecule has 1 amide bonds. The van der Waals surface area contributed by atoms with Crippen molar-refractivity contribution < 1.29 is 9.53 Å². The molecule has 1 fully saturated rings. The van der Waals surface area contributed by atoms with Gasteiger partial charge in [0.15, 0.2) is 5.96 Å². The molecule has 0 spiro atoms. The lowest BCUT2D eigenvalue weighted by Crippen LogP contribution is -2.55. The lowest BCUT2D eigenvalue weighted by atomic mass is 10.1. The molecule has 144 valence electrons. The van der Waals surface area contributed by atoms with Crippen LogP contribution < -0.4 is 15.0 Å². The lowest BCUT2D eigenvalue weighted by molar-refractivity contribution is -0.120. The Balaban J connectivity index is 1.51. The van der Waals surface area contributed by atoms with Crippen molar-refractivity contribution in [1.29, 1.82) is 0 Å². The molecule has 0 aliphatic carbocycles. The number of amides is 1. The zero-order valence-corrected chi connectivity index (χ0v) is 16.1. The van der Waals surface area contributed by atoms with Crippen LogP contribution in [0.1, 0.15) is 5.56 Å². The number of hydrogen-bond acceptors (Lipinski definition) is 4. The Kier molecular flexibility index (Phi) is 5.95. The molecule has 1 saturated heterocycles.